The predicted octanol–water partition coefficient (Wildman–Crippen LogP) is 2.50. The molecule has 0 spiro atoms. The van der Waals surface area contributed by atoms with Crippen LogP contribution < -0.4 is 5.32 Å². The Morgan fingerprint density at radius 2 is 1.67 bits per heavy atom. The summed E-state index contributed by atoms with van der Waals surface area (Å²) in [5.74, 6) is 1.31. The molecule has 2 aromatic carbocycles. The molecule has 4 N–H and O–H groups in total. The Morgan fingerprint density at radius 1 is 1.00 bits per heavy atom. The molecule has 2 unspecified atom stereocenters. The van der Waals surface area contributed by atoms with Crippen molar-refractivity contribution in [2.75, 3.05) is 0 Å². The lowest BCUT2D eigenvalue weighted by molar-refractivity contribution is 0.362. The molecule has 2 aromatic rings. The second-order valence-corrected chi connectivity index (χ2v) is 4.77. The molecule has 2 atom stereocenters. The quantitative estimate of drug-likeness (QED) is 0.514. The van der Waals surface area contributed by atoms with E-state index in [1.165, 1.54) is 6.07 Å². The number of hydrogen-bond donors (Lipinski definition) is 4. The van der Waals surface area contributed by atoms with Gasteiger partial charge in [0.25, 0.3) is 0 Å². The minimum Gasteiger partial charge on any atom is -0.504 e. The molecule has 4 heteroatoms. The van der Waals surface area contributed by atoms with E-state index in [0.717, 1.165) is 5.56 Å². The predicted molar refractivity (Wildman–Crippen MR) is 81.2 cm³/mol. The average Bonchev–Trinajstić information content (AvgIpc) is 2.51. The molecule has 0 fully saturated rings. The van der Waals surface area contributed by atoms with Gasteiger partial charge in [-0.05, 0) is 24.6 Å². The topological polar surface area (TPSA) is 72.7 Å². The summed E-state index contributed by atoms with van der Waals surface area (Å²) >= 11 is 0. The molecule has 21 heavy (non-hydrogen) atoms. The third kappa shape index (κ3) is 3.10. The van der Waals surface area contributed by atoms with E-state index in [2.05, 4.69) is 11.2 Å². The number of aromatic hydroxyl groups is 3. The monoisotopic (exact) mass is 283 g/mol. The highest BCUT2D eigenvalue weighted by Crippen LogP contribution is 2.41. The second-order valence-electron chi connectivity index (χ2n) is 4.77. The van der Waals surface area contributed by atoms with Gasteiger partial charge in [-0.3, -0.25) is 5.32 Å². The molecular formula is C17H17NO3. The van der Waals surface area contributed by atoms with Crippen LogP contribution in [0.15, 0.2) is 42.5 Å². The molecule has 0 saturated carbocycles. The van der Waals surface area contributed by atoms with E-state index in [1.54, 1.807) is 6.07 Å². The fourth-order valence-electron chi connectivity index (χ4n) is 2.13. The average molecular weight is 283 g/mol. The van der Waals surface area contributed by atoms with Gasteiger partial charge in [0, 0.05) is 5.56 Å². The van der Waals surface area contributed by atoms with E-state index in [-0.39, 0.29) is 17.5 Å². The van der Waals surface area contributed by atoms with Crippen LogP contribution in [0.2, 0.25) is 0 Å². The second kappa shape index (κ2) is 6.21. The van der Waals surface area contributed by atoms with Gasteiger partial charge in [0.05, 0.1) is 12.1 Å². The van der Waals surface area contributed by atoms with Gasteiger partial charge < -0.3 is 15.3 Å². The Hall–Kier alpha value is -2.64. The molecule has 0 saturated heterocycles. The number of terminal acetylenes is 1. The third-order valence-electron chi connectivity index (χ3n) is 3.27. The number of benzene rings is 2. The molecule has 0 aliphatic rings. The molecule has 2 rings (SSSR count). The minimum absolute atomic E-state index is 0.231. The van der Waals surface area contributed by atoms with E-state index in [9.17, 15) is 15.3 Å². The van der Waals surface area contributed by atoms with Crippen molar-refractivity contribution in [1.82, 2.24) is 5.32 Å². The zero-order valence-electron chi connectivity index (χ0n) is 11.6. The number of rotatable bonds is 4. The lowest BCUT2D eigenvalue weighted by Crippen LogP contribution is -2.30. The largest absolute Gasteiger partial charge is 0.504 e. The van der Waals surface area contributed by atoms with Crippen LogP contribution >= 0.6 is 0 Å². The van der Waals surface area contributed by atoms with Gasteiger partial charge in [0.1, 0.15) is 0 Å². The summed E-state index contributed by atoms with van der Waals surface area (Å²) < 4.78 is 0. The minimum atomic E-state index is -0.538. The lowest BCUT2D eigenvalue weighted by atomic mass is 9.96. The number of nitrogens with one attached hydrogen (secondary N) is 1. The van der Waals surface area contributed by atoms with Gasteiger partial charge in [-0.2, -0.15) is 0 Å². The molecule has 4 nitrogen and oxygen atoms in total. The first-order chi connectivity index (χ1) is 10.0. The Bertz CT molecular complexity index is 662. The van der Waals surface area contributed by atoms with Crippen LogP contribution in [0.3, 0.4) is 0 Å². The maximum absolute atomic E-state index is 10.1. The molecule has 0 amide bonds. The Morgan fingerprint density at radius 3 is 2.29 bits per heavy atom. The van der Waals surface area contributed by atoms with Gasteiger partial charge in [-0.1, -0.05) is 36.3 Å². The van der Waals surface area contributed by atoms with E-state index >= 15 is 0 Å². The third-order valence-corrected chi connectivity index (χ3v) is 3.27. The molecule has 0 aliphatic carbocycles. The van der Waals surface area contributed by atoms with Crippen LogP contribution in [0.4, 0.5) is 0 Å². The van der Waals surface area contributed by atoms with Crippen molar-refractivity contribution in [1.29, 1.82) is 0 Å². The summed E-state index contributed by atoms with van der Waals surface area (Å²) in [5, 5.41) is 32.4. The fraction of sp³-hybridized carbons (Fsp3) is 0.176. The van der Waals surface area contributed by atoms with E-state index in [1.807, 2.05) is 37.3 Å². The number of phenolic OH excluding ortho intramolecular Hbond substituents is 3. The molecule has 0 aromatic heterocycles. The van der Waals surface area contributed by atoms with Gasteiger partial charge in [-0.15, -0.1) is 6.42 Å². The first-order valence-electron chi connectivity index (χ1n) is 6.55. The summed E-state index contributed by atoms with van der Waals surface area (Å²) in [6.45, 7) is 1.83. The van der Waals surface area contributed by atoms with Crippen molar-refractivity contribution in [2.45, 2.75) is 19.0 Å². The Balaban J connectivity index is 2.51. The molecule has 0 radical (unpaired) electrons. The van der Waals surface area contributed by atoms with Crippen LogP contribution in [0, 0.1) is 12.3 Å². The zero-order chi connectivity index (χ0) is 15.4. The van der Waals surface area contributed by atoms with Crippen molar-refractivity contribution in [3.8, 4) is 29.6 Å². The Kier molecular flexibility index (Phi) is 4.36. The van der Waals surface area contributed by atoms with E-state index < -0.39 is 11.8 Å². The number of hydrogen-bond acceptors (Lipinski definition) is 4. The summed E-state index contributed by atoms with van der Waals surface area (Å²) in [4.78, 5) is 0. The van der Waals surface area contributed by atoms with Crippen molar-refractivity contribution in [3.05, 3.63) is 53.6 Å². The van der Waals surface area contributed by atoms with E-state index in [0.29, 0.717) is 5.56 Å². The highest BCUT2D eigenvalue weighted by molar-refractivity contribution is 5.55. The standard InChI is InChI=1S/C17H17NO3/c1-3-11(2)18-15(12-7-5-4-6-8-12)13-9-10-14(19)17(21)16(13)20/h1,4-11,15,18-21H,2H3. The van der Waals surface area contributed by atoms with Gasteiger partial charge in [-0.25, -0.2) is 0 Å². The van der Waals surface area contributed by atoms with Crippen LogP contribution in [-0.4, -0.2) is 21.4 Å². The van der Waals surface area contributed by atoms with Gasteiger partial charge in [0.2, 0.25) is 5.75 Å². The first kappa shape index (κ1) is 14.8. The van der Waals surface area contributed by atoms with Crippen LogP contribution in [0.1, 0.15) is 24.1 Å². The maximum Gasteiger partial charge on any atom is 0.200 e. The van der Waals surface area contributed by atoms with Gasteiger partial charge >= 0.3 is 0 Å². The number of phenols is 3. The first-order valence-corrected chi connectivity index (χ1v) is 6.55. The summed E-state index contributed by atoms with van der Waals surface area (Å²) in [7, 11) is 0. The Labute approximate surface area is 123 Å². The molecule has 108 valence electrons. The SMILES string of the molecule is C#CC(C)NC(c1ccccc1)c1ccc(O)c(O)c1O. The normalized spacial score (nSPS) is 13.3. The maximum atomic E-state index is 10.1. The smallest absolute Gasteiger partial charge is 0.200 e. The lowest BCUT2D eigenvalue weighted by Gasteiger charge is -2.23. The van der Waals surface area contributed by atoms with Crippen molar-refractivity contribution >= 4 is 0 Å². The summed E-state index contributed by atoms with van der Waals surface area (Å²) in [6.07, 6.45) is 5.40. The highest BCUT2D eigenvalue weighted by Gasteiger charge is 2.22. The van der Waals surface area contributed by atoms with Crippen molar-refractivity contribution in [2.24, 2.45) is 0 Å². The van der Waals surface area contributed by atoms with Crippen LogP contribution in [0.5, 0.6) is 17.2 Å². The molecular weight excluding hydrogens is 266 g/mol. The van der Waals surface area contributed by atoms with Gasteiger partial charge in [0.15, 0.2) is 11.5 Å². The zero-order valence-corrected chi connectivity index (χ0v) is 11.6. The van der Waals surface area contributed by atoms with Crippen LogP contribution in [0.25, 0.3) is 0 Å². The molecule has 0 bridgehead atoms. The fourth-order valence-corrected chi connectivity index (χ4v) is 2.13. The van der Waals surface area contributed by atoms with Crippen LogP contribution in [-0.2, 0) is 0 Å². The van der Waals surface area contributed by atoms with Crippen molar-refractivity contribution < 1.29 is 15.3 Å². The van der Waals surface area contributed by atoms with Crippen molar-refractivity contribution in [3.63, 3.8) is 0 Å². The molecule has 0 aliphatic heterocycles. The van der Waals surface area contributed by atoms with E-state index in [4.69, 9.17) is 6.42 Å². The summed E-state index contributed by atoms with van der Waals surface area (Å²) in [5.41, 5.74) is 1.33. The highest BCUT2D eigenvalue weighted by atomic mass is 16.3. The summed E-state index contributed by atoms with van der Waals surface area (Å²) in [6, 6.07) is 11.7. The molecule has 0 heterocycles.